The lowest BCUT2D eigenvalue weighted by atomic mass is 10.1. The first-order chi connectivity index (χ1) is 13.0. The number of hydrogen-bond acceptors (Lipinski definition) is 4. The molecular formula is C20H18N4O3. The molecule has 7 nitrogen and oxygen atoms in total. The summed E-state index contributed by atoms with van der Waals surface area (Å²) in [5.74, 6) is -0.612. The fourth-order valence-electron chi connectivity index (χ4n) is 2.50. The van der Waals surface area contributed by atoms with E-state index in [1.165, 1.54) is 12.1 Å². The van der Waals surface area contributed by atoms with E-state index in [0.717, 1.165) is 5.56 Å². The van der Waals surface area contributed by atoms with Crippen LogP contribution in [0.3, 0.4) is 0 Å². The molecule has 1 unspecified atom stereocenters. The summed E-state index contributed by atoms with van der Waals surface area (Å²) in [6.07, 6.45) is 0. The standard InChI is InChI=1S/C20H18N4O3/c1-13(21-20(27)17-10-11-18(25)24-23-17)15-8-5-9-16(12-15)22-19(26)14-6-3-2-4-7-14/h2-13H,1H3,(H,21,27)(H,22,26)(H,24,25). The van der Waals surface area contributed by atoms with Gasteiger partial charge in [0.15, 0.2) is 0 Å². The average Bonchev–Trinajstić information content (AvgIpc) is 2.69. The Morgan fingerprint density at radius 2 is 1.74 bits per heavy atom. The van der Waals surface area contributed by atoms with Crippen LogP contribution in [0, 0.1) is 0 Å². The van der Waals surface area contributed by atoms with Crippen molar-refractivity contribution in [3.63, 3.8) is 0 Å². The van der Waals surface area contributed by atoms with Gasteiger partial charge in [-0.3, -0.25) is 14.4 Å². The molecule has 0 spiro atoms. The summed E-state index contributed by atoms with van der Waals surface area (Å²) >= 11 is 0. The fraction of sp³-hybridized carbons (Fsp3) is 0.100. The SMILES string of the molecule is CC(NC(=O)c1ccc(=O)[nH]n1)c1cccc(NC(=O)c2ccccc2)c1. The average molecular weight is 362 g/mol. The van der Waals surface area contributed by atoms with E-state index in [-0.39, 0.29) is 23.2 Å². The van der Waals surface area contributed by atoms with Crippen molar-refractivity contribution in [1.29, 1.82) is 0 Å². The van der Waals surface area contributed by atoms with Crippen LogP contribution in [0.4, 0.5) is 5.69 Å². The van der Waals surface area contributed by atoms with Gasteiger partial charge in [0.25, 0.3) is 17.4 Å². The largest absolute Gasteiger partial charge is 0.344 e. The lowest BCUT2D eigenvalue weighted by Gasteiger charge is -2.15. The number of aromatic nitrogens is 2. The van der Waals surface area contributed by atoms with Crippen LogP contribution in [-0.2, 0) is 0 Å². The maximum Gasteiger partial charge on any atom is 0.272 e. The van der Waals surface area contributed by atoms with Gasteiger partial charge in [-0.25, -0.2) is 5.10 Å². The summed E-state index contributed by atoms with van der Waals surface area (Å²) in [5.41, 5.74) is 1.76. The van der Waals surface area contributed by atoms with Gasteiger partial charge in [-0.05, 0) is 42.8 Å². The molecule has 0 radical (unpaired) electrons. The smallest absolute Gasteiger partial charge is 0.272 e. The normalized spacial score (nSPS) is 11.4. The predicted octanol–water partition coefficient (Wildman–Crippen LogP) is 2.51. The zero-order chi connectivity index (χ0) is 19.2. The van der Waals surface area contributed by atoms with Crippen molar-refractivity contribution in [2.24, 2.45) is 0 Å². The van der Waals surface area contributed by atoms with Gasteiger partial charge in [-0.1, -0.05) is 30.3 Å². The Balaban J connectivity index is 1.69. The van der Waals surface area contributed by atoms with E-state index in [0.29, 0.717) is 11.3 Å². The maximum atomic E-state index is 12.3. The number of anilines is 1. The quantitative estimate of drug-likeness (QED) is 0.649. The first kappa shape index (κ1) is 18.1. The Morgan fingerprint density at radius 3 is 2.44 bits per heavy atom. The van der Waals surface area contributed by atoms with E-state index in [1.807, 2.05) is 19.1 Å². The number of H-pyrrole nitrogens is 1. The van der Waals surface area contributed by atoms with Crippen molar-refractivity contribution in [3.05, 3.63) is 93.9 Å². The summed E-state index contributed by atoms with van der Waals surface area (Å²) in [6.45, 7) is 1.82. The van der Waals surface area contributed by atoms with Crippen LogP contribution in [0.15, 0.2) is 71.5 Å². The Morgan fingerprint density at radius 1 is 0.963 bits per heavy atom. The number of hydrogen-bond donors (Lipinski definition) is 3. The fourth-order valence-corrected chi connectivity index (χ4v) is 2.50. The number of amides is 2. The number of rotatable bonds is 5. The van der Waals surface area contributed by atoms with Crippen LogP contribution >= 0.6 is 0 Å². The molecule has 0 saturated heterocycles. The Kier molecular flexibility index (Phi) is 5.41. The third-order valence-corrected chi connectivity index (χ3v) is 3.94. The number of aromatic amines is 1. The summed E-state index contributed by atoms with van der Waals surface area (Å²) < 4.78 is 0. The molecular weight excluding hydrogens is 344 g/mol. The molecule has 0 bridgehead atoms. The van der Waals surface area contributed by atoms with E-state index in [4.69, 9.17) is 0 Å². The lowest BCUT2D eigenvalue weighted by Crippen LogP contribution is -2.28. The minimum atomic E-state index is -0.405. The van der Waals surface area contributed by atoms with Crippen LogP contribution in [-0.4, -0.2) is 22.0 Å². The Labute approximate surface area is 155 Å². The van der Waals surface area contributed by atoms with E-state index in [9.17, 15) is 14.4 Å². The molecule has 1 heterocycles. The van der Waals surface area contributed by atoms with Gasteiger partial charge in [0.05, 0.1) is 6.04 Å². The van der Waals surface area contributed by atoms with E-state index >= 15 is 0 Å². The van der Waals surface area contributed by atoms with Crippen LogP contribution in [0.1, 0.15) is 39.4 Å². The molecule has 3 N–H and O–H groups in total. The summed E-state index contributed by atoms with van der Waals surface area (Å²) in [7, 11) is 0. The minimum Gasteiger partial charge on any atom is -0.344 e. The molecule has 136 valence electrons. The molecule has 0 aliphatic carbocycles. The van der Waals surface area contributed by atoms with Gasteiger partial charge >= 0.3 is 0 Å². The Hall–Kier alpha value is -3.74. The van der Waals surface area contributed by atoms with Gasteiger partial charge < -0.3 is 10.6 Å². The van der Waals surface area contributed by atoms with Crippen molar-refractivity contribution in [3.8, 4) is 0 Å². The van der Waals surface area contributed by atoms with Crippen molar-refractivity contribution >= 4 is 17.5 Å². The van der Waals surface area contributed by atoms with Crippen molar-refractivity contribution in [2.75, 3.05) is 5.32 Å². The van der Waals surface area contributed by atoms with Crippen LogP contribution in [0.25, 0.3) is 0 Å². The molecule has 0 fully saturated rings. The molecule has 0 aliphatic heterocycles. The van der Waals surface area contributed by atoms with Gasteiger partial charge in [0.1, 0.15) is 5.69 Å². The topological polar surface area (TPSA) is 104 Å². The highest BCUT2D eigenvalue weighted by atomic mass is 16.2. The minimum absolute atomic E-state index is 0.120. The molecule has 3 aromatic rings. The van der Waals surface area contributed by atoms with Crippen molar-refractivity contribution in [2.45, 2.75) is 13.0 Å². The number of carbonyl (C=O) groups excluding carboxylic acids is 2. The molecule has 2 amide bonds. The van der Waals surface area contributed by atoms with Crippen LogP contribution < -0.4 is 16.2 Å². The zero-order valence-corrected chi connectivity index (χ0v) is 14.6. The van der Waals surface area contributed by atoms with Crippen LogP contribution in [0.2, 0.25) is 0 Å². The molecule has 1 aromatic heterocycles. The molecule has 2 aromatic carbocycles. The van der Waals surface area contributed by atoms with E-state index in [2.05, 4.69) is 20.8 Å². The highest BCUT2D eigenvalue weighted by molar-refractivity contribution is 6.04. The zero-order valence-electron chi connectivity index (χ0n) is 14.6. The second-order valence-corrected chi connectivity index (χ2v) is 5.95. The van der Waals surface area contributed by atoms with Gasteiger partial charge in [0, 0.05) is 17.3 Å². The van der Waals surface area contributed by atoms with Gasteiger partial charge in [-0.15, -0.1) is 0 Å². The number of nitrogens with zero attached hydrogens (tertiary/aromatic N) is 1. The van der Waals surface area contributed by atoms with E-state index in [1.54, 1.807) is 42.5 Å². The van der Waals surface area contributed by atoms with E-state index < -0.39 is 5.91 Å². The molecule has 27 heavy (non-hydrogen) atoms. The molecule has 7 heteroatoms. The molecule has 0 aliphatic rings. The third kappa shape index (κ3) is 4.66. The summed E-state index contributed by atoms with van der Waals surface area (Å²) in [4.78, 5) is 35.5. The number of benzene rings is 2. The van der Waals surface area contributed by atoms with Gasteiger partial charge in [0.2, 0.25) is 0 Å². The highest BCUT2D eigenvalue weighted by Gasteiger charge is 2.14. The van der Waals surface area contributed by atoms with Gasteiger partial charge in [-0.2, -0.15) is 5.10 Å². The monoisotopic (exact) mass is 362 g/mol. The predicted molar refractivity (Wildman–Crippen MR) is 102 cm³/mol. The first-order valence-corrected chi connectivity index (χ1v) is 8.36. The first-order valence-electron chi connectivity index (χ1n) is 8.36. The highest BCUT2D eigenvalue weighted by Crippen LogP contribution is 2.18. The second-order valence-electron chi connectivity index (χ2n) is 5.95. The molecule has 3 rings (SSSR count). The Bertz CT molecular complexity index is 994. The second kappa shape index (κ2) is 8.09. The summed E-state index contributed by atoms with van der Waals surface area (Å²) in [5, 5.41) is 11.6. The number of carbonyl (C=O) groups is 2. The molecule has 0 saturated carbocycles. The third-order valence-electron chi connectivity index (χ3n) is 3.94. The maximum absolute atomic E-state index is 12.3. The molecule has 1 atom stereocenters. The summed E-state index contributed by atoms with van der Waals surface area (Å²) in [6, 6.07) is 18.4. The van der Waals surface area contributed by atoms with Crippen molar-refractivity contribution < 1.29 is 9.59 Å². The van der Waals surface area contributed by atoms with Crippen molar-refractivity contribution in [1.82, 2.24) is 15.5 Å². The number of nitrogens with one attached hydrogen (secondary N) is 3. The lowest BCUT2D eigenvalue weighted by molar-refractivity contribution is 0.0933. The van der Waals surface area contributed by atoms with Crippen LogP contribution in [0.5, 0.6) is 0 Å².